The monoisotopic (exact) mass is 613 g/mol. The summed E-state index contributed by atoms with van der Waals surface area (Å²) in [4.78, 5) is 49.3. The molecule has 3 saturated heterocycles. The van der Waals surface area contributed by atoms with Crippen LogP contribution in [0, 0.1) is 23.7 Å². The number of benzene rings is 2. The Morgan fingerprint density at radius 1 is 0.978 bits per heavy atom. The van der Waals surface area contributed by atoms with Crippen LogP contribution in [0.1, 0.15) is 45.2 Å². The summed E-state index contributed by atoms with van der Waals surface area (Å²) in [5, 5.41) is 10.6. The van der Waals surface area contributed by atoms with Gasteiger partial charge in [-0.05, 0) is 36.3 Å². The van der Waals surface area contributed by atoms with Crippen molar-refractivity contribution in [3.05, 3.63) is 97.1 Å². The molecule has 3 heterocycles. The average Bonchev–Trinajstić information content (AvgIpc) is 3.54. The summed E-state index contributed by atoms with van der Waals surface area (Å²) >= 11 is 0. The van der Waals surface area contributed by atoms with Crippen molar-refractivity contribution < 1.29 is 24.2 Å². The summed E-state index contributed by atoms with van der Waals surface area (Å²) in [6, 6.07) is 17.8. The quantitative estimate of drug-likeness (QED) is 0.338. The molecule has 2 bridgehead atoms. The van der Waals surface area contributed by atoms with Gasteiger partial charge in [-0.25, -0.2) is 0 Å². The second-order valence-corrected chi connectivity index (χ2v) is 13.4. The van der Waals surface area contributed by atoms with E-state index >= 15 is 0 Å². The van der Waals surface area contributed by atoms with Crippen LogP contribution < -0.4 is 0 Å². The number of carbonyl (C=O) groups excluding carboxylic acids is 3. The average molecular weight is 614 g/mol. The lowest BCUT2D eigenvalue weighted by atomic mass is 9.62. The Hall–Kier alpha value is -3.75. The van der Waals surface area contributed by atoms with E-state index in [9.17, 15) is 19.5 Å². The van der Waals surface area contributed by atoms with Gasteiger partial charge in [-0.2, -0.15) is 0 Å². The number of rotatable bonds is 13. The van der Waals surface area contributed by atoms with Crippen LogP contribution in [0.5, 0.6) is 0 Å². The van der Waals surface area contributed by atoms with Crippen molar-refractivity contribution in [2.24, 2.45) is 23.7 Å². The first-order chi connectivity index (χ1) is 21.5. The zero-order valence-corrected chi connectivity index (χ0v) is 27.0. The van der Waals surface area contributed by atoms with Crippen LogP contribution in [-0.4, -0.2) is 80.5 Å². The number of aliphatic hydroxyl groups is 1. The van der Waals surface area contributed by atoms with Crippen LogP contribution in [-0.2, 0) is 32.2 Å². The van der Waals surface area contributed by atoms with Gasteiger partial charge in [-0.15, -0.1) is 13.2 Å². The molecule has 3 aliphatic heterocycles. The molecular weight excluding hydrogens is 566 g/mol. The number of likely N-dealkylation sites (tertiary alicyclic amines) is 1. The summed E-state index contributed by atoms with van der Waals surface area (Å²) in [5.41, 5.74) is -0.245. The predicted molar refractivity (Wildman–Crippen MR) is 173 cm³/mol. The lowest BCUT2D eigenvalue weighted by Crippen LogP contribution is -2.59. The minimum absolute atomic E-state index is 0.0957. The van der Waals surface area contributed by atoms with Crippen LogP contribution in [0.15, 0.2) is 86.0 Å². The molecule has 0 aliphatic carbocycles. The van der Waals surface area contributed by atoms with Crippen molar-refractivity contribution in [2.75, 3.05) is 19.7 Å². The zero-order chi connectivity index (χ0) is 32.5. The number of nitrogens with zero attached hydrogens (tertiary/aromatic N) is 3. The van der Waals surface area contributed by atoms with Crippen molar-refractivity contribution in [1.82, 2.24) is 14.7 Å². The minimum atomic E-state index is -1.21. The molecule has 3 fully saturated rings. The smallest absolute Gasteiger partial charge is 0.249 e. The molecule has 5 rings (SSSR count). The number of carbonyl (C=O) groups is 3. The van der Waals surface area contributed by atoms with Crippen LogP contribution in [0.2, 0.25) is 0 Å². The zero-order valence-electron chi connectivity index (χ0n) is 27.0. The molecule has 240 valence electrons. The first-order valence-corrected chi connectivity index (χ1v) is 16.0. The molecule has 0 aromatic heterocycles. The molecule has 3 aliphatic rings. The maximum atomic E-state index is 14.8. The van der Waals surface area contributed by atoms with Gasteiger partial charge in [0.1, 0.15) is 11.6 Å². The summed E-state index contributed by atoms with van der Waals surface area (Å²) in [7, 11) is 0. The first kappa shape index (κ1) is 32.6. The third-order valence-electron chi connectivity index (χ3n) is 10.3. The Kier molecular flexibility index (Phi) is 9.38. The first-order valence-electron chi connectivity index (χ1n) is 16.0. The highest BCUT2D eigenvalue weighted by molar-refractivity contribution is 5.99. The summed E-state index contributed by atoms with van der Waals surface area (Å²) in [5.74, 6) is -2.64. The maximum Gasteiger partial charge on any atom is 0.249 e. The van der Waals surface area contributed by atoms with Crippen molar-refractivity contribution in [3.8, 4) is 0 Å². The fraction of sp³-hybridized carbons (Fsp3) is 0.486. The van der Waals surface area contributed by atoms with E-state index in [1.165, 1.54) is 0 Å². The molecule has 8 nitrogen and oxygen atoms in total. The van der Waals surface area contributed by atoms with E-state index in [1.807, 2.05) is 88.4 Å². The van der Waals surface area contributed by atoms with Gasteiger partial charge < -0.3 is 24.5 Å². The highest BCUT2D eigenvalue weighted by atomic mass is 16.5. The SMILES string of the molecule is C=CCN(Cc1ccccc1)C(=O)C1N([C@@H](CO)C(C)C)C(=O)[C@@H]2[C@@H](C(=O)N(CC=C)Cc3ccccc3)[C@]3(C)OC12CC3C. The molecular formula is C37H47N3O5. The van der Waals surface area contributed by atoms with E-state index in [-0.39, 0.29) is 42.7 Å². The van der Waals surface area contributed by atoms with Crippen molar-refractivity contribution in [3.63, 3.8) is 0 Å². The largest absolute Gasteiger partial charge is 0.394 e. The number of aliphatic hydroxyl groups excluding tert-OH is 1. The fourth-order valence-corrected chi connectivity index (χ4v) is 8.06. The standard InChI is InChI=1S/C37H47N3O5/c1-7-19-38(22-27-15-11-9-12-16-27)33(42)30-31-34(43)40(29(24-41)25(3)4)32(37(31)21-26(5)36(30,6)45-37)35(44)39(20-8-2)23-28-17-13-10-14-18-28/h7-18,25-26,29-32,41H,1-2,19-24H2,3-6H3/t26?,29-,30-,31-,32?,36+,37?/m0/s1. The number of hydrogen-bond acceptors (Lipinski definition) is 5. The Labute approximate surface area is 267 Å². The van der Waals surface area contributed by atoms with E-state index in [4.69, 9.17) is 4.74 Å². The van der Waals surface area contributed by atoms with Crippen LogP contribution in [0.25, 0.3) is 0 Å². The van der Waals surface area contributed by atoms with E-state index in [1.54, 1.807) is 26.9 Å². The summed E-state index contributed by atoms with van der Waals surface area (Å²) in [6.07, 6.45) is 3.84. The lowest BCUT2D eigenvalue weighted by molar-refractivity contribution is -0.159. The van der Waals surface area contributed by atoms with Crippen molar-refractivity contribution in [1.29, 1.82) is 0 Å². The van der Waals surface area contributed by atoms with Gasteiger partial charge in [0.05, 0.1) is 30.1 Å². The van der Waals surface area contributed by atoms with E-state index in [0.717, 1.165) is 11.1 Å². The van der Waals surface area contributed by atoms with Gasteiger partial charge in [-0.3, -0.25) is 14.4 Å². The number of hydrogen-bond donors (Lipinski definition) is 1. The molecule has 3 amide bonds. The van der Waals surface area contributed by atoms with E-state index in [2.05, 4.69) is 13.2 Å². The number of fused-ring (bicyclic) bond motifs is 1. The van der Waals surface area contributed by atoms with Crippen molar-refractivity contribution >= 4 is 17.7 Å². The highest BCUT2D eigenvalue weighted by Gasteiger charge is 2.80. The van der Waals surface area contributed by atoms with E-state index in [0.29, 0.717) is 26.1 Å². The Bertz CT molecular complexity index is 1410. The number of ether oxygens (including phenoxy) is 1. The van der Waals surface area contributed by atoms with Crippen LogP contribution >= 0.6 is 0 Å². The highest BCUT2D eigenvalue weighted by Crippen LogP contribution is 2.66. The Morgan fingerprint density at radius 3 is 1.96 bits per heavy atom. The van der Waals surface area contributed by atoms with Gasteiger partial charge in [-0.1, -0.05) is 93.6 Å². The summed E-state index contributed by atoms with van der Waals surface area (Å²) in [6.45, 7) is 16.6. The molecule has 0 radical (unpaired) electrons. The third-order valence-corrected chi connectivity index (χ3v) is 10.3. The topological polar surface area (TPSA) is 90.4 Å². The van der Waals surface area contributed by atoms with Crippen LogP contribution in [0.3, 0.4) is 0 Å². The lowest BCUT2D eigenvalue weighted by Gasteiger charge is -2.40. The molecule has 2 aromatic carbocycles. The predicted octanol–water partition coefficient (Wildman–Crippen LogP) is 4.44. The van der Waals surface area contributed by atoms with Gasteiger partial charge in [0.2, 0.25) is 17.7 Å². The second kappa shape index (κ2) is 12.9. The van der Waals surface area contributed by atoms with Crippen molar-refractivity contribution in [2.45, 2.75) is 70.5 Å². The van der Waals surface area contributed by atoms with Gasteiger partial charge in [0.25, 0.3) is 0 Å². The Morgan fingerprint density at radius 2 is 1.49 bits per heavy atom. The summed E-state index contributed by atoms with van der Waals surface area (Å²) < 4.78 is 6.99. The molecule has 1 spiro atoms. The van der Waals surface area contributed by atoms with E-state index < -0.39 is 35.1 Å². The maximum absolute atomic E-state index is 14.8. The molecule has 2 aromatic rings. The minimum Gasteiger partial charge on any atom is -0.394 e. The van der Waals surface area contributed by atoms with Crippen LogP contribution in [0.4, 0.5) is 0 Å². The van der Waals surface area contributed by atoms with Gasteiger partial charge >= 0.3 is 0 Å². The molecule has 45 heavy (non-hydrogen) atoms. The van der Waals surface area contributed by atoms with Gasteiger partial charge in [0, 0.05) is 26.2 Å². The Balaban J connectivity index is 1.60. The third kappa shape index (κ3) is 5.52. The molecule has 3 unspecified atom stereocenters. The molecule has 8 heteroatoms. The fourth-order valence-electron chi connectivity index (χ4n) is 8.06. The number of amides is 3. The molecule has 1 N–H and O–H groups in total. The van der Waals surface area contributed by atoms with Gasteiger partial charge in [0.15, 0.2) is 0 Å². The molecule has 7 atom stereocenters. The normalized spacial score (nSPS) is 29.0. The second-order valence-electron chi connectivity index (χ2n) is 13.4. The molecule has 0 saturated carbocycles.